The molecule has 3 aromatic rings. The highest BCUT2D eigenvalue weighted by atomic mass is 16.1. The number of hydrogen-bond acceptors (Lipinski definition) is 3. The number of nitriles is 1. The number of aromatic nitrogens is 2. The van der Waals surface area contributed by atoms with Crippen molar-refractivity contribution in [2.75, 3.05) is 0 Å². The Hall–Kier alpha value is -2.93. The highest BCUT2D eigenvalue weighted by molar-refractivity contribution is 5.79. The number of nitrogens with one attached hydrogen (secondary N) is 1. The van der Waals surface area contributed by atoms with E-state index in [1.807, 2.05) is 12.1 Å². The molecule has 4 heteroatoms. The van der Waals surface area contributed by atoms with Gasteiger partial charge in [0, 0.05) is 5.56 Å². The van der Waals surface area contributed by atoms with E-state index in [2.05, 4.69) is 16.0 Å². The van der Waals surface area contributed by atoms with Crippen molar-refractivity contribution in [3.63, 3.8) is 0 Å². The zero-order valence-corrected chi connectivity index (χ0v) is 9.92. The van der Waals surface area contributed by atoms with Crippen LogP contribution in [-0.4, -0.2) is 9.97 Å². The van der Waals surface area contributed by atoms with Crippen molar-refractivity contribution in [3.8, 4) is 17.5 Å². The Kier molecular flexibility index (Phi) is 2.58. The van der Waals surface area contributed by atoms with Crippen molar-refractivity contribution in [1.82, 2.24) is 9.97 Å². The van der Waals surface area contributed by atoms with E-state index in [9.17, 15) is 4.79 Å². The van der Waals surface area contributed by atoms with E-state index in [0.717, 1.165) is 0 Å². The summed E-state index contributed by atoms with van der Waals surface area (Å²) in [6.45, 7) is 0. The normalized spacial score (nSPS) is 10.3. The van der Waals surface area contributed by atoms with Gasteiger partial charge in [-0.15, -0.1) is 0 Å². The van der Waals surface area contributed by atoms with E-state index in [-0.39, 0.29) is 5.56 Å². The van der Waals surface area contributed by atoms with Crippen molar-refractivity contribution in [2.24, 2.45) is 0 Å². The molecule has 0 saturated heterocycles. The van der Waals surface area contributed by atoms with Crippen LogP contribution >= 0.6 is 0 Å². The molecular weight excluding hydrogens is 238 g/mol. The number of nitrogens with zero attached hydrogens (tertiary/aromatic N) is 2. The molecule has 0 radical (unpaired) electrons. The maximum Gasteiger partial charge on any atom is 0.259 e. The molecule has 0 aliphatic rings. The largest absolute Gasteiger partial charge is 0.306 e. The molecule has 1 heterocycles. The van der Waals surface area contributed by atoms with E-state index in [1.54, 1.807) is 36.4 Å². The van der Waals surface area contributed by atoms with Crippen LogP contribution in [-0.2, 0) is 0 Å². The predicted molar refractivity (Wildman–Crippen MR) is 72.5 cm³/mol. The van der Waals surface area contributed by atoms with Gasteiger partial charge in [-0.1, -0.05) is 24.3 Å². The minimum Gasteiger partial charge on any atom is -0.306 e. The number of hydrogen-bond donors (Lipinski definition) is 1. The summed E-state index contributed by atoms with van der Waals surface area (Å²) in [5, 5.41) is 9.63. The number of rotatable bonds is 1. The number of H-pyrrole nitrogens is 1. The SMILES string of the molecule is N#Cc1ccccc1-c1nc2ccccc2c(=O)[nH]1. The molecule has 0 unspecified atom stereocenters. The van der Waals surface area contributed by atoms with Crippen molar-refractivity contribution in [2.45, 2.75) is 0 Å². The fourth-order valence-corrected chi connectivity index (χ4v) is 2.00. The van der Waals surface area contributed by atoms with Crippen molar-refractivity contribution in [3.05, 3.63) is 64.4 Å². The molecule has 2 aromatic carbocycles. The van der Waals surface area contributed by atoms with Gasteiger partial charge in [-0.25, -0.2) is 4.98 Å². The number of aromatic amines is 1. The molecule has 4 nitrogen and oxygen atoms in total. The van der Waals surface area contributed by atoms with E-state index in [4.69, 9.17) is 5.26 Å². The second kappa shape index (κ2) is 4.39. The molecule has 0 spiro atoms. The molecule has 0 aliphatic heterocycles. The molecule has 3 rings (SSSR count). The van der Waals surface area contributed by atoms with Gasteiger partial charge in [0.15, 0.2) is 0 Å². The van der Waals surface area contributed by atoms with Gasteiger partial charge in [0.1, 0.15) is 5.82 Å². The number of fused-ring (bicyclic) bond motifs is 1. The van der Waals surface area contributed by atoms with Gasteiger partial charge in [0.2, 0.25) is 0 Å². The molecule has 0 saturated carbocycles. The fourth-order valence-electron chi connectivity index (χ4n) is 2.00. The highest BCUT2D eigenvalue weighted by Crippen LogP contribution is 2.19. The van der Waals surface area contributed by atoms with Crippen LogP contribution < -0.4 is 5.56 Å². The second-order valence-corrected chi connectivity index (χ2v) is 4.09. The standard InChI is InChI=1S/C15H9N3O/c16-9-10-5-1-2-6-11(10)14-17-13-8-4-3-7-12(13)15(19)18-14/h1-8H,(H,17,18,19). The van der Waals surface area contributed by atoms with E-state index < -0.39 is 0 Å². The molecule has 90 valence electrons. The third kappa shape index (κ3) is 1.87. The minimum absolute atomic E-state index is 0.201. The Labute approximate surface area is 109 Å². The number of benzene rings is 2. The predicted octanol–water partition coefficient (Wildman–Crippen LogP) is 2.46. The van der Waals surface area contributed by atoms with Crippen LogP contribution in [0.3, 0.4) is 0 Å². The van der Waals surface area contributed by atoms with Crippen LogP contribution in [0.15, 0.2) is 53.3 Å². The monoisotopic (exact) mass is 247 g/mol. The smallest absolute Gasteiger partial charge is 0.259 e. The average Bonchev–Trinajstić information content (AvgIpc) is 2.47. The maximum atomic E-state index is 12.0. The topological polar surface area (TPSA) is 69.5 Å². The molecule has 0 fully saturated rings. The zero-order valence-electron chi connectivity index (χ0n) is 9.92. The van der Waals surface area contributed by atoms with Crippen LogP contribution in [0.25, 0.3) is 22.3 Å². The van der Waals surface area contributed by atoms with E-state index in [1.165, 1.54) is 0 Å². The van der Waals surface area contributed by atoms with Gasteiger partial charge < -0.3 is 4.98 Å². The van der Waals surface area contributed by atoms with Crippen LogP contribution in [0.4, 0.5) is 0 Å². The van der Waals surface area contributed by atoms with Gasteiger partial charge in [0.25, 0.3) is 5.56 Å². The lowest BCUT2D eigenvalue weighted by Gasteiger charge is -2.04. The fraction of sp³-hybridized carbons (Fsp3) is 0. The van der Waals surface area contributed by atoms with E-state index >= 15 is 0 Å². The Morgan fingerprint density at radius 3 is 2.63 bits per heavy atom. The van der Waals surface area contributed by atoms with Gasteiger partial charge in [-0.3, -0.25) is 4.79 Å². The molecule has 0 amide bonds. The summed E-state index contributed by atoms with van der Waals surface area (Å²) < 4.78 is 0. The first kappa shape index (κ1) is 11.2. The van der Waals surface area contributed by atoms with E-state index in [0.29, 0.717) is 27.9 Å². The lowest BCUT2D eigenvalue weighted by Crippen LogP contribution is -2.09. The number of para-hydroxylation sites is 1. The summed E-state index contributed by atoms with van der Waals surface area (Å²) in [4.78, 5) is 19.1. The lowest BCUT2D eigenvalue weighted by atomic mass is 10.1. The zero-order chi connectivity index (χ0) is 13.2. The third-order valence-corrected chi connectivity index (χ3v) is 2.92. The summed E-state index contributed by atoms with van der Waals surface area (Å²) in [6, 6.07) is 16.3. The van der Waals surface area contributed by atoms with Crippen LogP contribution in [0.1, 0.15) is 5.56 Å². The molecule has 1 aromatic heterocycles. The quantitative estimate of drug-likeness (QED) is 0.718. The van der Waals surface area contributed by atoms with Gasteiger partial charge in [0.05, 0.1) is 22.5 Å². The van der Waals surface area contributed by atoms with Gasteiger partial charge in [-0.05, 0) is 24.3 Å². The average molecular weight is 247 g/mol. The van der Waals surface area contributed by atoms with Crippen molar-refractivity contribution in [1.29, 1.82) is 5.26 Å². The van der Waals surface area contributed by atoms with Crippen LogP contribution in [0.5, 0.6) is 0 Å². The molecular formula is C15H9N3O. The molecule has 19 heavy (non-hydrogen) atoms. The Balaban J connectivity index is 2.33. The summed E-state index contributed by atoms with van der Waals surface area (Å²) in [7, 11) is 0. The Morgan fingerprint density at radius 2 is 1.79 bits per heavy atom. The molecule has 0 bridgehead atoms. The molecule has 0 atom stereocenters. The van der Waals surface area contributed by atoms with Crippen LogP contribution in [0.2, 0.25) is 0 Å². The second-order valence-electron chi connectivity index (χ2n) is 4.09. The van der Waals surface area contributed by atoms with Crippen molar-refractivity contribution < 1.29 is 0 Å². The highest BCUT2D eigenvalue weighted by Gasteiger charge is 2.08. The lowest BCUT2D eigenvalue weighted by molar-refractivity contribution is 1.18. The minimum atomic E-state index is -0.201. The van der Waals surface area contributed by atoms with Crippen molar-refractivity contribution >= 4 is 10.9 Å². The first-order valence-corrected chi connectivity index (χ1v) is 5.78. The molecule has 1 N–H and O–H groups in total. The third-order valence-electron chi connectivity index (χ3n) is 2.92. The van der Waals surface area contributed by atoms with Gasteiger partial charge >= 0.3 is 0 Å². The Bertz CT molecular complexity index is 859. The molecule has 0 aliphatic carbocycles. The summed E-state index contributed by atoms with van der Waals surface area (Å²) in [5.41, 5.74) is 1.54. The summed E-state index contributed by atoms with van der Waals surface area (Å²) in [6.07, 6.45) is 0. The summed E-state index contributed by atoms with van der Waals surface area (Å²) in [5.74, 6) is 0.417. The Morgan fingerprint density at radius 1 is 1.05 bits per heavy atom. The van der Waals surface area contributed by atoms with Gasteiger partial charge in [-0.2, -0.15) is 5.26 Å². The first-order valence-electron chi connectivity index (χ1n) is 5.78. The maximum absolute atomic E-state index is 12.0. The summed E-state index contributed by atoms with van der Waals surface area (Å²) >= 11 is 0. The van der Waals surface area contributed by atoms with Crippen LogP contribution in [0, 0.1) is 11.3 Å². The first-order chi connectivity index (χ1) is 9.29.